The minimum absolute atomic E-state index is 0.299. The molecule has 0 unspecified atom stereocenters. The third kappa shape index (κ3) is 4.24. The summed E-state index contributed by atoms with van der Waals surface area (Å²) in [6, 6.07) is 40.7. The lowest BCUT2D eigenvalue weighted by Gasteiger charge is -2.08. The summed E-state index contributed by atoms with van der Waals surface area (Å²) in [5.41, 5.74) is 11.0. The fraction of sp³-hybridized carbons (Fsp3) is 0.0526. The number of nitriles is 1. The molecule has 4 heteroatoms. The van der Waals surface area contributed by atoms with E-state index in [2.05, 4.69) is 78.9 Å². The number of furan rings is 1. The molecule has 0 fully saturated rings. The molecule has 0 radical (unpaired) electrons. The zero-order chi connectivity index (χ0) is 28.8. The maximum atomic E-state index is 13.9. The van der Waals surface area contributed by atoms with E-state index >= 15 is 0 Å². The first kappa shape index (κ1) is 25.4. The molecule has 3 nitrogen and oxygen atoms in total. The van der Waals surface area contributed by atoms with Gasteiger partial charge in [-0.2, -0.15) is 9.83 Å². The van der Waals surface area contributed by atoms with Gasteiger partial charge in [-0.25, -0.2) is 4.39 Å². The van der Waals surface area contributed by atoms with E-state index < -0.39 is 0 Å². The van der Waals surface area contributed by atoms with Gasteiger partial charge in [0, 0.05) is 22.4 Å². The van der Waals surface area contributed by atoms with E-state index in [4.69, 9.17) is 4.42 Å². The van der Waals surface area contributed by atoms with Crippen LogP contribution in [0.25, 0.3) is 66.6 Å². The topological polar surface area (TPSA) is 40.8 Å². The third-order valence-electron chi connectivity index (χ3n) is 7.99. The number of hydrogen-bond acceptors (Lipinski definition) is 2. The molecule has 200 valence electrons. The van der Waals surface area contributed by atoms with Gasteiger partial charge in [-0.1, -0.05) is 91.0 Å². The van der Waals surface area contributed by atoms with Crippen LogP contribution in [0.5, 0.6) is 0 Å². The van der Waals surface area contributed by atoms with Crippen LogP contribution in [0.1, 0.15) is 11.1 Å². The van der Waals surface area contributed by atoms with Crippen LogP contribution in [0, 0.1) is 24.1 Å². The number of aromatic nitrogens is 1. The summed E-state index contributed by atoms with van der Waals surface area (Å²) < 4.78 is 22.3. The van der Waals surface area contributed by atoms with Crippen molar-refractivity contribution in [2.75, 3.05) is 0 Å². The Morgan fingerprint density at radius 2 is 1.17 bits per heavy atom. The molecule has 7 rings (SSSR count). The van der Waals surface area contributed by atoms with Gasteiger partial charge in [0.1, 0.15) is 18.2 Å². The highest BCUT2D eigenvalue weighted by Crippen LogP contribution is 2.42. The first-order chi connectivity index (χ1) is 20.5. The van der Waals surface area contributed by atoms with E-state index in [1.165, 1.54) is 23.4 Å². The van der Waals surface area contributed by atoms with Crippen LogP contribution in [0.3, 0.4) is 0 Å². The normalized spacial score (nSPS) is 11.2. The molecule has 0 spiro atoms. The molecule has 0 amide bonds. The number of aryl methyl sites for hydroxylation is 2. The summed E-state index contributed by atoms with van der Waals surface area (Å²) in [7, 11) is 1.83. The average Bonchev–Trinajstić information content (AvgIpc) is 3.40. The molecule has 42 heavy (non-hydrogen) atoms. The molecule has 0 aliphatic rings. The molecule has 0 bridgehead atoms. The Kier molecular flexibility index (Phi) is 6.14. The van der Waals surface area contributed by atoms with Gasteiger partial charge < -0.3 is 4.42 Å². The summed E-state index contributed by atoms with van der Waals surface area (Å²) in [5.74, 6) is -0.299. The van der Waals surface area contributed by atoms with Crippen LogP contribution in [0.4, 0.5) is 4.39 Å². The van der Waals surface area contributed by atoms with Crippen LogP contribution < -0.4 is 4.57 Å². The van der Waals surface area contributed by atoms with Gasteiger partial charge in [-0.3, -0.25) is 0 Å². The quantitative estimate of drug-likeness (QED) is 0.207. The number of pyridine rings is 1. The second kappa shape index (κ2) is 10.1. The molecule has 7 aromatic rings. The van der Waals surface area contributed by atoms with Gasteiger partial charge in [0.15, 0.2) is 5.82 Å². The van der Waals surface area contributed by atoms with E-state index in [1.807, 2.05) is 44.3 Å². The largest absolute Gasteiger partial charge is 0.454 e. The number of fused-ring (bicyclic) bond motifs is 3. The van der Waals surface area contributed by atoms with Gasteiger partial charge in [0.2, 0.25) is 11.9 Å². The first-order valence-electron chi connectivity index (χ1n) is 13.8. The van der Waals surface area contributed by atoms with Gasteiger partial charge in [0.05, 0.1) is 17.2 Å². The second-order valence-electron chi connectivity index (χ2n) is 10.6. The highest BCUT2D eigenvalue weighted by molar-refractivity contribution is 6.14. The second-order valence-corrected chi connectivity index (χ2v) is 10.6. The zero-order valence-corrected chi connectivity index (χ0v) is 23.2. The molecule has 0 aliphatic heterocycles. The van der Waals surface area contributed by atoms with E-state index in [-0.39, 0.29) is 5.82 Å². The Labute approximate surface area is 243 Å². The van der Waals surface area contributed by atoms with Crippen LogP contribution >= 0.6 is 0 Å². The predicted molar refractivity (Wildman–Crippen MR) is 166 cm³/mol. The maximum Gasteiger partial charge on any atom is 0.216 e. The van der Waals surface area contributed by atoms with Gasteiger partial charge in [-0.15, -0.1) is 0 Å². The smallest absolute Gasteiger partial charge is 0.216 e. The lowest BCUT2D eigenvalue weighted by molar-refractivity contribution is -0.661. The minimum atomic E-state index is -0.299. The Morgan fingerprint density at radius 3 is 1.76 bits per heavy atom. The molecule has 0 aliphatic carbocycles. The Bertz CT molecular complexity index is 2150. The van der Waals surface area contributed by atoms with Crippen molar-refractivity contribution in [2.45, 2.75) is 6.92 Å². The summed E-state index contributed by atoms with van der Waals surface area (Å²) in [6.45, 7) is 2.03. The summed E-state index contributed by atoms with van der Waals surface area (Å²) in [4.78, 5) is 0. The fourth-order valence-electron chi connectivity index (χ4n) is 5.85. The van der Waals surface area contributed by atoms with Crippen molar-refractivity contribution in [3.63, 3.8) is 0 Å². The van der Waals surface area contributed by atoms with Crippen molar-refractivity contribution in [3.05, 3.63) is 138 Å². The molecule has 2 heterocycles. The monoisotopic (exact) mass is 545 g/mol. The molecule has 0 saturated carbocycles. The minimum Gasteiger partial charge on any atom is -0.454 e. The van der Waals surface area contributed by atoms with E-state index in [9.17, 15) is 9.65 Å². The van der Waals surface area contributed by atoms with Gasteiger partial charge >= 0.3 is 0 Å². The first-order valence-corrected chi connectivity index (χ1v) is 13.8. The van der Waals surface area contributed by atoms with E-state index in [0.717, 1.165) is 55.4 Å². The van der Waals surface area contributed by atoms with Gasteiger partial charge in [-0.05, 0) is 58.5 Å². The fourth-order valence-corrected chi connectivity index (χ4v) is 5.85. The molecule has 0 N–H and O–H groups in total. The summed E-state index contributed by atoms with van der Waals surface area (Å²) in [5, 5.41) is 12.0. The molecular formula is C38H26FN2O+. The number of hydrogen-bond donors (Lipinski definition) is 0. The number of nitrogens with zero attached hydrogens (tertiary/aromatic N) is 2. The maximum absolute atomic E-state index is 13.9. The molecule has 5 aromatic carbocycles. The Hall–Kier alpha value is -5.53. The van der Waals surface area contributed by atoms with E-state index in [0.29, 0.717) is 11.1 Å². The lowest BCUT2D eigenvalue weighted by Crippen LogP contribution is -2.31. The van der Waals surface area contributed by atoms with Crippen molar-refractivity contribution in [2.24, 2.45) is 7.05 Å². The van der Waals surface area contributed by atoms with Crippen molar-refractivity contribution in [1.29, 1.82) is 5.26 Å². The Morgan fingerprint density at radius 1 is 0.619 bits per heavy atom. The Balaban J connectivity index is 1.34. The zero-order valence-electron chi connectivity index (χ0n) is 23.2. The summed E-state index contributed by atoms with van der Waals surface area (Å²) >= 11 is 0. The predicted octanol–water partition coefficient (Wildman–Crippen LogP) is 9.40. The number of benzene rings is 5. The molecular weight excluding hydrogens is 519 g/mol. The molecule has 0 atom stereocenters. The SMILES string of the molecule is Cc1ccc2c(oc3c(-c4ccc(-c5ccc(-c6ccccc6)cc5)cc4)c(C#N)ccc32)c1-c1ccc(F)c[n+]1C. The van der Waals surface area contributed by atoms with Crippen LogP contribution in [0.2, 0.25) is 0 Å². The van der Waals surface area contributed by atoms with Gasteiger partial charge in [0.25, 0.3) is 0 Å². The van der Waals surface area contributed by atoms with Crippen molar-refractivity contribution in [1.82, 2.24) is 0 Å². The highest BCUT2D eigenvalue weighted by Gasteiger charge is 2.23. The summed E-state index contributed by atoms with van der Waals surface area (Å²) in [6.07, 6.45) is 1.46. The molecule has 2 aromatic heterocycles. The van der Waals surface area contributed by atoms with Crippen LogP contribution in [-0.4, -0.2) is 0 Å². The van der Waals surface area contributed by atoms with E-state index in [1.54, 1.807) is 10.6 Å². The van der Waals surface area contributed by atoms with Crippen molar-refractivity contribution >= 4 is 21.9 Å². The van der Waals surface area contributed by atoms with Crippen LogP contribution in [0.15, 0.2) is 126 Å². The third-order valence-corrected chi connectivity index (χ3v) is 7.99. The average molecular weight is 546 g/mol. The van der Waals surface area contributed by atoms with Crippen molar-refractivity contribution in [3.8, 4) is 50.7 Å². The lowest BCUT2D eigenvalue weighted by atomic mass is 9.94. The number of rotatable bonds is 4. The standard InChI is InChI=1S/C38H26FN2O/c1-24-8-19-32-33-20-17-30(22-40)36(38(33)42-37(32)35(24)34-21-18-31(39)23-41(34)2)29-15-13-28(14-16-29)27-11-9-26(10-12-27)25-6-4-3-5-7-25/h3-21,23H,1-2H3/q+1. The number of halogens is 1. The van der Waals surface area contributed by atoms with Crippen molar-refractivity contribution < 1.29 is 13.4 Å². The highest BCUT2D eigenvalue weighted by atomic mass is 19.1. The van der Waals surface area contributed by atoms with Crippen LogP contribution in [-0.2, 0) is 7.05 Å². The molecule has 0 saturated heterocycles.